The van der Waals surface area contributed by atoms with Gasteiger partial charge in [-0.15, -0.1) is 0 Å². The Hall–Kier alpha value is -3.01. The zero-order valence-electron chi connectivity index (χ0n) is 18.1. The number of halogens is 1. The first-order chi connectivity index (χ1) is 15.5. The van der Waals surface area contributed by atoms with Crippen molar-refractivity contribution in [2.24, 2.45) is 5.92 Å². The monoisotopic (exact) mass is 442 g/mol. The molecule has 0 unspecified atom stereocenters. The molecule has 2 saturated heterocycles. The lowest BCUT2D eigenvalue weighted by Crippen LogP contribution is -2.37. The van der Waals surface area contributed by atoms with Crippen molar-refractivity contribution in [1.29, 1.82) is 0 Å². The number of benzene rings is 1. The van der Waals surface area contributed by atoms with Crippen molar-refractivity contribution in [1.82, 2.24) is 29.7 Å². The number of hydrogen-bond donors (Lipinski definition) is 1. The molecule has 0 radical (unpaired) electrons. The van der Waals surface area contributed by atoms with Crippen LogP contribution in [0.25, 0.3) is 16.9 Å². The Balaban J connectivity index is 1.25. The molecule has 1 amide bonds. The van der Waals surface area contributed by atoms with Crippen molar-refractivity contribution in [3.63, 3.8) is 0 Å². The number of para-hydroxylation sites is 1. The fourth-order valence-corrected chi connectivity index (χ4v) is 4.96. The van der Waals surface area contributed by atoms with Gasteiger partial charge in [-0.05, 0) is 55.9 Å². The molecule has 2 aliphatic heterocycles. The van der Waals surface area contributed by atoms with Crippen molar-refractivity contribution >= 4 is 17.0 Å². The minimum absolute atomic E-state index is 0.156. The number of likely N-dealkylation sites (tertiary alicyclic amines) is 2. The van der Waals surface area contributed by atoms with Gasteiger partial charge < -0.3 is 19.4 Å². The highest BCUT2D eigenvalue weighted by molar-refractivity contribution is 5.83. The third-order valence-corrected chi connectivity index (χ3v) is 6.70. The Morgan fingerprint density at radius 2 is 2.06 bits per heavy atom. The molecule has 2 aliphatic rings. The summed E-state index contributed by atoms with van der Waals surface area (Å²) in [4.78, 5) is 19.6. The van der Waals surface area contributed by atoms with Gasteiger partial charge in [-0.25, -0.2) is 9.18 Å². The number of carbonyl (C=O) groups is 1. The van der Waals surface area contributed by atoms with Gasteiger partial charge in [0.15, 0.2) is 0 Å². The van der Waals surface area contributed by atoms with E-state index >= 15 is 0 Å². The molecule has 0 aliphatic carbocycles. The average molecular weight is 442 g/mol. The summed E-state index contributed by atoms with van der Waals surface area (Å²) >= 11 is 0. The maximum absolute atomic E-state index is 14.5. The van der Waals surface area contributed by atoms with Gasteiger partial charge in [0, 0.05) is 30.9 Å². The van der Waals surface area contributed by atoms with E-state index in [9.17, 15) is 9.18 Å². The minimum atomic E-state index is -0.825. The molecule has 1 atom stereocenters. The smallest absolute Gasteiger partial charge is 0.407 e. The molecule has 2 fully saturated rings. The molecule has 10 heteroatoms. The third-order valence-electron chi connectivity index (χ3n) is 6.70. The van der Waals surface area contributed by atoms with Crippen molar-refractivity contribution in [3.05, 3.63) is 35.6 Å². The summed E-state index contributed by atoms with van der Waals surface area (Å²) in [6.07, 6.45) is 2.57. The molecule has 9 nitrogen and oxygen atoms in total. The van der Waals surface area contributed by atoms with Crippen molar-refractivity contribution in [2.45, 2.75) is 38.5 Å². The molecule has 4 heterocycles. The molecule has 0 saturated carbocycles. The number of aryl methyl sites for hydroxylation is 1. The largest absolute Gasteiger partial charge is 0.465 e. The molecular weight excluding hydrogens is 415 g/mol. The average Bonchev–Trinajstić information content (AvgIpc) is 3.53. The van der Waals surface area contributed by atoms with E-state index in [1.807, 2.05) is 13.0 Å². The second-order valence-corrected chi connectivity index (χ2v) is 8.74. The molecule has 5 rings (SSSR count). The maximum Gasteiger partial charge on any atom is 0.407 e. The van der Waals surface area contributed by atoms with Crippen LogP contribution in [0, 0.1) is 11.7 Å². The standard InChI is InChI=1S/C22H27FN6O3/c1-2-18-16-4-3-5-17(23)19(16)29(25-18)21-24-20(32-26-21)15-7-9-27(10-8-15)12-14-6-11-28(13-14)22(30)31/h3-5,14-15H,2,6-13H2,1H3,(H,30,31)/t14-/m1/s1. The Kier molecular flexibility index (Phi) is 5.54. The number of rotatable bonds is 5. The van der Waals surface area contributed by atoms with Gasteiger partial charge in [0.25, 0.3) is 5.95 Å². The van der Waals surface area contributed by atoms with Crippen LogP contribution in [0.1, 0.15) is 43.7 Å². The van der Waals surface area contributed by atoms with Crippen LogP contribution >= 0.6 is 0 Å². The van der Waals surface area contributed by atoms with Crippen LogP contribution in [0.15, 0.2) is 22.7 Å². The first-order valence-electron chi connectivity index (χ1n) is 11.2. The van der Waals surface area contributed by atoms with Crippen molar-refractivity contribution in [2.75, 3.05) is 32.7 Å². The van der Waals surface area contributed by atoms with Crippen LogP contribution in [-0.2, 0) is 6.42 Å². The zero-order chi connectivity index (χ0) is 22.2. The maximum atomic E-state index is 14.5. The van der Waals surface area contributed by atoms with Gasteiger partial charge in [-0.3, -0.25) is 0 Å². The zero-order valence-corrected chi connectivity index (χ0v) is 18.1. The summed E-state index contributed by atoms with van der Waals surface area (Å²) in [5, 5.41) is 18.5. The van der Waals surface area contributed by atoms with Gasteiger partial charge in [0.1, 0.15) is 11.3 Å². The summed E-state index contributed by atoms with van der Waals surface area (Å²) in [7, 11) is 0. The van der Waals surface area contributed by atoms with Gasteiger partial charge in [0.2, 0.25) is 5.89 Å². The lowest BCUT2D eigenvalue weighted by molar-refractivity contribution is 0.147. The normalized spacial score (nSPS) is 20.4. The molecule has 2 aromatic heterocycles. The first kappa shape index (κ1) is 20.9. The molecule has 0 bridgehead atoms. The SMILES string of the molecule is CCc1nn(-c2noc(C3CCN(C[C@H]4CCN(C(=O)O)C4)CC3)n2)c2c(F)cccc12. The summed E-state index contributed by atoms with van der Waals surface area (Å²) in [6.45, 7) is 5.97. The molecule has 1 aromatic carbocycles. The second-order valence-electron chi connectivity index (χ2n) is 8.74. The van der Waals surface area contributed by atoms with Crippen LogP contribution in [-0.4, -0.2) is 73.6 Å². The molecule has 1 N–H and O–H groups in total. The summed E-state index contributed by atoms with van der Waals surface area (Å²) in [6, 6.07) is 4.96. The Labute approximate surface area is 184 Å². The highest BCUT2D eigenvalue weighted by Crippen LogP contribution is 2.30. The lowest BCUT2D eigenvalue weighted by Gasteiger charge is -2.32. The van der Waals surface area contributed by atoms with Crippen LogP contribution in [0.5, 0.6) is 0 Å². The fraction of sp³-hybridized carbons (Fsp3) is 0.545. The van der Waals surface area contributed by atoms with Crippen molar-refractivity contribution < 1.29 is 18.8 Å². The predicted octanol–water partition coefficient (Wildman–Crippen LogP) is 3.29. The van der Waals surface area contributed by atoms with E-state index < -0.39 is 6.09 Å². The van der Waals surface area contributed by atoms with E-state index in [2.05, 4.69) is 20.1 Å². The molecular formula is C22H27FN6O3. The lowest BCUT2D eigenvalue weighted by atomic mass is 9.95. The Bertz CT molecular complexity index is 1120. The van der Waals surface area contributed by atoms with E-state index in [4.69, 9.17) is 9.63 Å². The van der Waals surface area contributed by atoms with Crippen LogP contribution in [0.2, 0.25) is 0 Å². The van der Waals surface area contributed by atoms with Crippen molar-refractivity contribution in [3.8, 4) is 5.95 Å². The quantitative estimate of drug-likeness (QED) is 0.647. The molecule has 170 valence electrons. The van der Waals surface area contributed by atoms with E-state index in [1.54, 1.807) is 6.07 Å². The number of carboxylic acid groups (broad SMARTS) is 1. The molecule has 3 aromatic rings. The van der Waals surface area contributed by atoms with E-state index in [0.29, 0.717) is 36.8 Å². The van der Waals surface area contributed by atoms with E-state index in [1.165, 1.54) is 15.6 Å². The first-order valence-corrected chi connectivity index (χ1v) is 11.2. The number of amides is 1. The number of aromatic nitrogens is 4. The number of piperidine rings is 1. The van der Waals surface area contributed by atoms with Gasteiger partial charge in [-0.1, -0.05) is 19.1 Å². The highest BCUT2D eigenvalue weighted by Gasteiger charge is 2.31. The molecule has 32 heavy (non-hydrogen) atoms. The highest BCUT2D eigenvalue weighted by atomic mass is 19.1. The van der Waals surface area contributed by atoms with Crippen LogP contribution < -0.4 is 0 Å². The fourth-order valence-electron chi connectivity index (χ4n) is 4.96. The number of fused-ring (bicyclic) bond motifs is 1. The summed E-state index contributed by atoms with van der Waals surface area (Å²) in [5.41, 5.74) is 1.17. The van der Waals surface area contributed by atoms with E-state index in [-0.39, 0.29) is 17.7 Å². The third kappa shape index (κ3) is 3.83. The number of nitrogens with zero attached hydrogens (tertiary/aromatic N) is 6. The minimum Gasteiger partial charge on any atom is -0.465 e. The summed E-state index contributed by atoms with van der Waals surface area (Å²) < 4.78 is 21.5. The van der Waals surface area contributed by atoms with E-state index in [0.717, 1.165) is 50.0 Å². The van der Waals surface area contributed by atoms with Gasteiger partial charge in [0.05, 0.1) is 5.69 Å². The Morgan fingerprint density at radius 1 is 1.25 bits per heavy atom. The summed E-state index contributed by atoms with van der Waals surface area (Å²) in [5.74, 6) is 1.02. The molecule has 0 spiro atoms. The van der Waals surface area contributed by atoms with Crippen LogP contribution in [0.3, 0.4) is 0 Å². The topological polar surface area (TPSA) is 101 Å². The predicted molar refractivity (Wildman–Crippen MR) is 114 cm³/mol. The van der Waals surface area contributed by atoms with Gasteiger partial charge >= 0.3 is 6.09 Å². The second kappa shape index (κ2) is 8.50. The van der Waals surface area contributed by atoms with Crippen LogP contribution in [0.4, 0.5) is 9.18 Å². The Morgan fingerprint density at radius 3 is 2.78 bits per heavy atom. The van der Waals surface area contributed by atoms with Gasteiger partial charge in [-0.2, -0.15) is 14.8 Å². The number of hydrogen-bond acceptors (Lipinski definition) is 6.